The number of fused-ring (bicyclic) bond motifs is 1. The number of benzene rings is 4. The third-order valence-corrected chi connectivity index (χ3v) is 7.06. The standard InChI is InChI=1S/C30H20BrCl2N3O4/c1-39-26-13-11-19(32)15-22(26)30(38)40-25-12-10-18(31)14-17(25)16-34-36-29(37)28-27(20-6-2-4-8-23(20)33)21-7-3-5-9-24(21)35-28/h2-16,35H,1H3,(H,36,37). The van der Waals surface area contributed by atoms with E-state index in [4.69, 9.17) is 32.7 Å². The van der Waals surface area contributed by atoms with E-state index in [0.717, 1.165) is 15.4 Å². The highest BCUT2D eigenvalue weighted by molar-refractivity contribution is 9.10. The lowest BCUT2D eigenvalue weighted by Gasteiger charge is -2.11. The normalized spacial score (nSPS) is 11.1. The average molecular weight is 637 g/mol. The molecule has 0 radical (unpaired) electrons. The number of H-pyrrole nitrogens is 1. The largest absolute Gasteiger partial charge is 0.496 e. The van der Waals surface area contributed by atoms with Crippen LogP contribution in [0.15, 0.2) is 94.5 Å². The number of para-hydroxylation sites is 1. The highest BCUT2D eigenvalue weighted by atomic mass is 79.9. The van der Waals surface area contributed by atoms with Gasteiger partial charge in [0.2, 0.25) is 0 Å². The quantitative estimate of drug-likeness (QED) is 0.0822. The number of nitrogens with one attached hydrogen (secondary N) is 2. The fourth-order valence-corrected chi connectivity index (χ4v) is 4.96. The van der Waals surface area contributed by atoms with Crippen molar-refractivity contribution in [3.63, 3.8) is 0 Å². The Hall–Kier alpha value is -4.11. The average Bonchev–Trinajstić information content (AvgIpc) is 3.34. The van der Waals surface area contributed by atoms with Gasteiger partial charge in [0.15, 0.2) is 0 Å². The van der Waals surface area contributed by atoms with Gasteiger partial charge in [0, 0.05) is 42.1 Å². The van der Waals surface area contributed by atoms with Crippen LogP contribution >= 0.6 is 39.1 Å². The second-order valence-corrected chi connectivity index (χ2v) is 10.3. The molecular formula is C30H20BrCl2N3O4. The predicted molar refractivity (Wildman–Crippen MR) is 161 cm³/mol. The number of hydrogen-bond donors (Lipinski definition) is 2. The van der Waals surface area contributed by atoms with Crippen LogP contribution in [0.25, 0.3) is 22.0 Å². The van der Waals surface area contributed by atoms with Crippen molar-refractivity contribution in [1.82, 2.24) is 10.4 Å². The zero-order valence-corrected chi connectivity index (χ0v) is 24.0. The second-order valence-electron chi connectivity index (χ2n) is 8.52. The Morgan fingerprint density at radius 3 is 2.50 bits per heavy atom. The van der Waals surface area contributed by atoms with Gasteiger partial charge in [-0.1, -0.05) is 75.5 Å². The predicted octanol–water partition coefficient (Wildman–Crippen LogP) is 7.90. The van der Waals surface area contributed by atoms with Gasteiger partial charge in [-0.3, -0.25) is 4.79 Å². The molecule has 1 aromatic heterocycles. The molecule has 0 unspecified atom stereocenters. The highest BCUT2D eigenvalue weighted by Crippen LogP contribution is 2.36. The number of methoxy groups -OCH3 is 1. The number of hydrazone groups is 1. The van der Waals surface area contributed by atoms with Crippen molar-refractivity contribution in [2.75, 3.05) is 7.11 Å². The van der Waals surface area contributed by atoms with Crippen LogP contribution in [0.5, 0.6) is 11.5 Å². The number of ether oxygens (including phenoxy) is 2. The third kappa shape index (κ3) is 5.74. The van der Waals surface area contributed by atoms with Gasteiger partial charge in [-0.05, 0) is 48.5 Å². The van der Waals surface area contributed by atoms with Crippen LogP contribution in [-0.4, -0.2) is 30.2 Å². The van der Waals surface area contributed by atoms with Crippen molar-refractivity contribution in [1.29, 1.82) is 0 Å². The number of amides is 1. The van der Waals surface area contributed by atoms with Crippen LogP contribution in [-0.2, 0) is 0 Å². The molecule has 40 heavy (non-hydrogen) atoms. The minimum absolute atomic E-state index is 0.167. The van der Waals surface area contributed by atoms with E-state index in [1.165, 1.54) is 19.4 Å². The summed E-state index contributed by atoms with van der Waals surface area (Å²) in [6, 6.07) is 24.6. The van der Waals surface area contributed by atoms with Crippen LogP contribution in [0, 0.1) is 0 Å². The van der Waals surface area contributed by atoms with Gasteiger partial charge in [0.05, 0.1) is 13.3 Å². The topological polar surface area (TPSA) is 92.8 Å². The number of esters is 1. The number of carbonyl (C=O) groups excluding carboxylic acids is 2. The number of aromatic amines is 1. The molecule has 0 atom stereocenters. The third-order valence-electron chi connectivity index (χ3n) is 6.00. The fourth-order valence-electron chi connectivity index (χ4n) is 4.18. The first-order valence-corrected chi connectivity index (χ1v) is 13.4. The van der Waals surface area contributed by atoms with Gasteiger partial charge in [0.1, 0.15) is 22.8 Å². The van der Waals surface area contributed by atoms with Crippen molar-refractivity contribution in [2.24, 2.45) is 5.10 Å². The fraction of sp³-hybridized carbons (Fsp3) is 0.0333. The number of aromatic nitrogens is 1. The Kier molecular flexibility index (Phi) is 8.21. The summed E-state index contributed by atoms with van der Waals surface area (Å²) in [4.78, 5) is 29.4. The Balaban J connectivity index is 1.42. The van der Waals surface area contributed by atoms with Crippen molar-refractivity contribution >= 4 is 68.1 Å². The number of rotatable bonds is 7. The number of nitrogens with zero attached hydrogens (tertiary/aromatic N) is 1. The molecule has 200 valence electrons. The molecule has 2 N–H and O–H groups in total. The maximum absolute atomic E-state index is 13.3. The molecule has 5 aromatic rings. The van der Waals surface area contributed by atoms with Crippen LogP contribution in [0.2, 0.25) is 10.0 Å². The van der Waals surface area contributed by atoms with Crippen LogP contribution in [0.1, 0.15) is 26.4 Å². The Morgan fingerprint density at radius 1 is 0.950 bits per heavy atom. The Labute approximate surface area is 247 Å². The van der Waals surface area contributed by atoms with E-state index in [2.05, 4.69) is 31.4 Å². The summed E-state index contributed by atoms with van der Waals surface area (Å²) in [5.41, 5.74) is 5.63. The Bertz CT molecular complexity index is 1780. The molecule has 1 heterocycles. The van der Waals surface area contributed by atoms with Gasteiger partial charge >= 0.3 is 5.97 Å². The minimum atomic E-state index is -0.664. The van der Waals surface area contributed by atoms with Crippen molar-refractivity contribution in [3.8, 4) is 22.6 Å². The number of halogens is 3. The molecule has 0 bridgehead atoms. The zero-order valence-electron chi connectivity index (χ0n) is 20.9. The summed E-state index contributed by atoms with van der Waals surface area (Å²) < 4.78 is 11.6. The molecule has 4 aromatic carbocycles. The molecular weight excluding hydrogens is 617 g/mol. The van der Waals surface area contributed by atoms with Crippen molar-refractivity contribution in [3.05, 3.63) is 116 Å². The Morgan fingerprint density at radius 2 is 1.70 bits per heavy atom. The molecule has 0 fully saturated rings. The molecule has 0 aliphatic carbocycles. The van der Waals surface area contributed by atoms with Gasteiger partial charge in [0.25, 0.3) is 5.91 Å². The van der Waals surface area contributed by atoms with E-state index in [0.29, 0.717) is 38.2 Å². The van der Waals surface area contributed by atoms with Gasteiger partial charge in [-0.25, -0.2) is 10.2 Å². The lowest BCUT2D eigenvalue weighted by molar-refractivity contribution is 0.0730. The summed E-state index contributed by atoms with van der Waals surface area (Å²) in [5.74, 6) is -0.598. The maximum atomic E-state index is 13.3. The van der Waals surface area contributed by atoms with E-state index >= 15 is 0 Å². The number of carbonyl (C=O) groups is 2. The summed E-state index contributed by atoms with van der Waals surface area (Å²) in [6.45, 7) is 0. The molecule has 0 saturated carbocycles. The first-order chi connectivity index (χ1) is 19.4. The smallest absolute Gasteiger partial charge is 0.347 e. The molecule has 0 aliphatic heterocycles. The van der Waals surface area contributed by atoms with E-state index in [-0.39, 0.29) is 11.3 Å². The first-order valence-electron chi connectivity index (χ1n) is 11.9. The molecule has 1 amide bonds. The lowest BCUT2D eigenvalue weighted by Crippen LogP contribution is -2.19. The molecule has 0 aliphatic rings. The van der Waals surface area contributed by atoms with Crippen molar-refractivity contribution in [2.45, 2.75) is 0 Å². The molecule has 0 saturated heterocycles. The minimum Gasteiger partial charge on any atom is -0.496 e. The van der Waals surface area contributed by atoms with Crippen LogP contribution in [0.4, 0.5) is 0 Å². The van der Waals surface area contributed by atoms with Crippen LogP contribution < -0.4 is 14.9 Å². The summed E-state index contributed by atoms with van der Waals surface area (Å²) in [6.07, 6.45) is 1.39. The molecule has 10 heteroatoms. The molecule has 5 rings (SSSR count). The van der Waals surface area contributed by atoms with Gasteiger partial charge in [-0.2, -0.15) is 5.10 Å². The van der Waals surface area contributed by atoms with Gasteiger partial charge < -0.3 is 14.5 Å². The lowest BCUT2D eigenvalue weighted by atomic mass is 10.0. The van der Waals surface area contributed by atoms with E-state index in [9.17, 15) is 9.59 Å². The summed E-state index contributed by atoms with van der Waals surface area (Å²) >= 11 is 16.0. The SMILES string of the molecule is COc1ccc(Cl)cc1C(=O)Oc1ccc(Br)cc1C=NNC(=O)c1[nH]c2ccccc2c1-c1ccccc1Cl. The summed E-state index contributed by atoms with van der Waals surface area (Å²) in [5, 5.41) is 5.87. The van der Waals surface area contributed by atoms with E-state index < -0.39 is 11.9 Å². The van der Waals surface area contributed by atoms with E-state index in [1.54, 1.807) is 36.4 Å². The number of hydrogen-bond acceptors (Lipinski definition) is 5. The highest BCUT2D eigenvalue weighted by Gasteiger charge is 2.21. The van der Waals surface area contributed by atoms with Crippen LogP contribution in [0.3, 0.4) is 0 Å². The second kappa shape index (κ2) is 12.0. The van der Waals surface area contributed by atoms with E-state index in [1.807, 2.05) is 42.5 Å². The zero-order chi connectivity index (χ0) is 28.2. The molecule has 7 nitrogen and oxygen atoms in total. The first kappa shape index (κ1) is 27.5. The van der Waals surface area contributed by atoms with Crippen molar-refractivity contribution < 1.29 is 19.1 Å². The summed E-state index contributed by atoms with van der Waals surface area (Å²) in [7, 11) is 1.45. The maximum Gasteiger partial charge on any atom is 0.347 e. The molecule has 0 spiro atoms. The van der Waals surface area contributed by atoms with Gasteiger partial charge in [-0.15, -0.1) is 0 Å². The monoisotopic (exact) mass is 635 g/mol.